The molecule has 1 N–H and O–H groups in total. The SMILES string of the molecule is CCNC(=NCC(C)N1CCc2sccc2C1)N1CCC(OCCCOC)CC1. The van der Waals surface area contributed by atoms with E-state index in [1.165, 1.54) is 12.0 Å². The Hall–Kier alpha value is -1.15. The van der Waals surface area contributed by atoms with E-state index in [4.69, 9.17) is 14.5 Å². The van der Waals surface area contributed by atoms with Crippen molar-refractivity contribution in [3.63, 3.8) is 0 Å². The standard InChI is InChI=1S/C22H38N4O2S/c1-4-23-22(25-10-6-20(7-11-25)28-14-5-13-27-3)24-16-18(2)26-12-8-21-19(17-26)9-15-29-21/h9,15,18,20H,4-8,10-14,16-17H2,1-3H3,(H,23,24). The molecule has 0 saturated carbocycles. The molecule has 6 nitrogen and oxygen atoms in total. The molecule has 3 heterocycles. The van der Waals surface area contributed by atoms with Gasteiger partial charge in [-0.3, -0.25) is 9.89 Å². The number of fused-ring (bicyclic) bond motifs is 1. The van der Waals surface area contributed by atoms with Crippen LogP contribution in [0, 0.1) is 0 Å². The molecular weight excluding hydrogens is 384 g/mol. The molecule has 3 rings (SSSR count). The van der Waals surface area contributed by atoms with E-state index in [1.807, 2.05) is 11.3 Å². The van der Waals surface area contributed by atoms with Crippen molar-refractivity contribution in [1.82, 2.24) is 15.1 Å². The molecule has 7 heteroatoms. The van der Waals surface area contributed by atoms with E-state index in [0.717, 1.165) is 77.7 Å². The topological polar surface area (TPSA) is 49.3 Å². The van der Waals surface area contributed by atoms with Crippen LogP contribution in [0.4, 0.5) is 0 Å². The third-order valence-electron chi connectivity index (χ3n) is 5.89. The maximum absolute atomic E-state index is 6.00. The summed E-state index contributed by atoms with van der Waals surface area (Å²) < 4.78 is 11.1. The van der Waals surface area contributed by atoms with E-state index in [2.05, 4.69) is 40.4 Å². The Morgan fingerprint density at radius 3 is 2.90 bits per heavy atom. The lowest BCUT2D eigenvalue weighted by Gasteiger charge is -2.35. The zero-order valence-corrected chi connectivity index (χ0v) is 19.2. The second-order valence-corrected chi connectivity index (χ2v) is 9.04. The summed E-state index contributed by atoms with van der Waals surface area (Å²) in [5, 5.41) is 5.73. The molecule has 0 aromatic carbocycles. The molecule has 2 aliphatic rings. The summed E-state index contributed by atoms with van der Waals surface area (Å²) in [6.45, 7) is 12.0. The quantitative estimate of drug-likeness (QED) is 0.377. The number of hydrogen-bond donors (Lipinski definition) is 1. The Balaban J connectivity index is 1.46. The van der Waals surface area contributed by atoms with E-state index in [1.54, 1.807) is 12.0 Å². The van der Waals surface area contributed by atoms with Gasteiger partial charge in [0, 0.05) is 64.0 Å². The minimum Gasteiger partial charge on any atom is -0.385 e. The molecule has 2 aliphatic heterocycles. The third kappa shape index (κ3) is 6.67. The van der Waals surface area contributed by atoms with Gasteiger partial charge in [0.2, 0.25) is 0 Å². The average molecular weight is 423 g/mol. The lowest BCUT2D eigenvalue weighted by Crippen LogP contribution is -2.47. The van der Waals surface area contributed by atoms with Crippen LogP contribution in [0.3, 0.4) is 0 Å². The number of hydrogen-bond acceptors (Lipinski definition) is 5. The van der Waals surface area contributed by atoms with Crippen LogP contribution in [-0.2, 0) is 22.4 Å². The molecule has 164 valence electrons. The highest BCUT2D eigenvalue weighted by Crippen LogP contribution is 2.25. The number of nitrogens with zero attached hydrogens (tertiary/aromatic N) is 3. The van der Waals surface area contributed by atoms with Gasteiger partial charge in [-0.1, -0.05) is 0 Å². The molecule has 0 radical (unpaired) electrons. The van der Waals surface area contributed by atoms with E-state index >= 15 is 0 Å². The van der Waals surface area contributed by atoms with Gasteiger partial charge in [-0.2, -0.15) is 0 Å². The summed E-state index contributed by atoms with van der Waals surface area (Å²) in [6, 6.07) is 2.74. The maximum atomic E-state index is 6.00. The van der Waals surface area contributed by atoms with Crippen LogP contribution < -0.4 is 5.32 Å². The van der Waals surface area contributed by atoms with Crippen LogP contribution in [0.1, 0.15) is 43.6 Å². The highest BCUT2D eigenvalue weighted by atomic mass is 32.1. The van der Waals surface area contributed by atoms with Crippen molar-refractivity contribution in [1.29, 1.82) is 0 Å². The van der Waals surface area contributed by atoms with Gasteiger partial charge in [0.15, 0.2) is 5.96 Å². The van der Waals surface area contributed by atoms with Gasteiger partial charge in [-0.25, -0.2) is 0 Å². The molecule has 0 aliphatic carbocycles. The second-order valence-electron chi connectivity index (χ2n) is 8.04. The van der Waals surface area contributed by atoms with Crippen LogP contribution in [0.25, 0.3) is 0 Å². The fraction of sp³-hybridized carbons (Fsp3) is 0.773. The number of aliphatic imine (C=N–C) groups is 1. The Morgan fingerprint density at radius 1 is 1.31 bits per heavy atom. The zero-order valence-electron chi connectivity index (χ0n) is 18.4. The molecule has 0 spiro atoms. The summed E-state index contributed by atoms with van der Waals surface area (Å²) >= 11 is 1.90. The van der Waals surface area contributed by atoms with Crippen LogP contribution in [0.5, 0.6) is 0 Å². The summed E-state index contributed by atoms with van der Waals surface area (Å²) in [7, 11) is 1.74. The summed E-state index contributed by atoms with van der Waals surface area (Å²) in [5.74, 6) is 1.06. The van der Waals surface area contributed by atoms with Gasteiger partial charge in [0.05, 0.1) is 12.6 Å². The van der Waals surface area contributed by atoms with Crippen molar-refractivity contribution in [2.45, 2.75) is 58.2 Å². The molecule has 29 heavy (non-hydrogen) atoms. The number of thiophene rings is 1. The first-order chi connectivity index (χ1) is 14.2. The number of piperidine rings is 1. The first-order valence-electron chi connectivity index (χ1n) is 11.1. The Morgan fingerprint density at radius 2 is 2.14 bits per heavy atom. The van der Waals surface area contributed by atoms with Crippen molar-refractivity contribution in [3.05, 3.63) is 21.9 Å². The summed E-state index contributed by atoms with van der Waals surface area (Å²) in [4.78, 5) is 11.5. The molecule has 0 amide bonds. The van der Waals surface area contributed by atoms with E-state index in [-0.39, 0.29) is 0 Å². The number of rotatable bonds is 9. The minimum absolute atomic E-state index is 0.373. The van der Waals surface area contributed by atoms with Gasteiger partial charge in [-0.05, 0) is 56.5 Å². The van der Waals surface area contributed by atoms with Crippen LogP contribution >= 0.6 is 11.3 Å². The molecule has 1 atom stereocenters. The predicted molar refractivity (Wildman–Crippen MR) is 121 cm³/mol. The molecule has 1 fully saturated rings. The van der Waals surface area contributed by atoms with Gasteiger partial charge >= 0.3 is 0 Å². The minimum atomic E-state index is 0.373. The first-order valence-corrected chi connectivity index (χ1v) is 12.0. The van der Waals surface area contributed by atoms with E-state index in [0.29, 0.717) is 12.1 Å². The monoisotopic (exact) mass is 422 g/mol. The second kappa shape index (κ2) is 11.9. The predicted octanol–water partition coefficient (Wildman–Crippen LogP) is 2.98. The van der Waals surface area contributed by atoms with Gasteiger partial charge in [-0.15, -0.1) is 11.3 Å². The van der Waals surface area contributed by atoms with E-state index in [9.17, 15) is 0 Å². The van der Waals surface area contributed by atoms with Crippen LogP contribution in [0.2, 0.25) is 0 Å². The van der Waals surface area contributed by atoms with Crippen molar-refractivity contribution in [2.24, 2.45) is 4.99 Å². The molecule has 1 aromatic heterocycles. The first kappa shape index (κ1) is 22.5. The smallest absolute Gasteiger partial charge is 0.193 e. The molecule has 0 bridgehead atoms. The van der Waals surface area contributed by atoms with E-state index < -0.39 is 0 Å². The highest BCUT2D eigenvalue weighted by molar-refractivity contribution is 7.10. The molecular formula is C22H38N4O2S. The van der Waals surface area contributed by atoms with Gasteiger partial charge in [0.25, 0.3) is 0 Å². The Labute approximate surface area is 180 Å². The molecule has 1 saturated heterocycles. The average Bonchev–Trinajstić information content (AvgIpc) is 3.22. The third-order valence-corrected chi connectivity index (χ3v) is 6.91. The number of ether oxygens (including phenoxy) is 2. The van der Waals surface area contributed by atoms with Crippen LogP contribution in [0.15, 0.2) is 16.4 Å². The summed E-state index contributed by atoms with van der Waals surface area (Å²) in [6.07, 6.45) is 4.67. The van der Waals surface area contributed by atoms with Crippen molar-refractivity contribution in [3.8, 4) is 0 Å². The fourth-order valence-electron chi connectivity index (χ4n) is 4.09. The number of methoxy groups -OCH3 is 1. The van der Waals surface area contributed by atoms with Crippen molar-refractivity contribution >= 4 is 17.3 Å². The number of nitrogens with one attached hydrogen (secondary N) is 1. The Bertz CT molecular complexity index is 628. The lowest BCUT2D eigenvalue weighted by atomic mass is 10.1. The van der Waals surface area contributed by atoms with Gasteiger partial charge in [0.1, 0.15) is 0 Å². The number of guanidine groups is 1. The zero-order chi connectivity index (χ0) is 20.5. The fourth-order valence-corrected chi connectivity index (χ4v) is 4.98. The van der Waals surface area contributed by atoms with Crippen LogP contribution in [-0.4, -0.2) is 81.0 Å². The molecule has 1 unspecified atom stereocenters. The largest absolute Gasteiger partial charge is 0.385 e. The lowest BCUT2D eigenvalue weighted by molar-refractivity contribution is 0.00988. The molecule has 1 aromatic rings. The summed E-state index contributed by atoms with van der Waals surface area (Å²) in [5.41, 5.74) is 1.51. The van der Waals surface area contributed by atoms with Crippen molar-refractivity contribution in [2.75, 3.05) is 53.0 Å². The van der Waals surface area contributed by atoms with Gasteiger partial charge < -0.3 is 19.7 Å². The highest BCUT2D eigenvalue weighted by Gasteiger charge is 2.24. The normalized spacial score (nSPS) is 20.0. The number of likely N-dealkylation sites (tertiary alicyclic amines) is 1. The Kier molecular flexibility index (Phi) is 9.24. The van der Waals surface area contributed by atoms with Crippen molar-refractivity contribution < 1.29 is 9.47 Å². The maximum Gasteiger partial charge on any atom is 0.193 e.